The zero-order chi connectivity index (χ0) is 10.2. The summed E-state index contributed by atoms with van der Waals surface area (Å²) in [6.07, 6.45) is 5.04. The zero-order valence-corrected chi connectivity index (χ0v) is 9.55. The summed E-state index contributed by atoms with van der Waals surface area (Å²) < 4.78 is 0. The largest absolute Gasteiger partial charge is 0.396 e. The Bertz CT molecular complexity index is 200. The molecule has 2 heteroatoms. The summed E-state index contributed by atoms with van der Waals surface area (Å²) in [6, 6.07) is 0. The zero-order valence-electron chi connectivity index (χ0n) is 9.55. The first kappa shape index (κ1) is 10.4. The third kappa shape index (κ3) is 2.29. The fraction of sp³-hybridized carbons (Fsp3) is 1.00. The van der Waals surface area contributed by atoms with E-state index in [9.17, 15) is 0 Å². The lowest BCUT2D eigenvalue weighted by molar-refractivity contribution is 0.0385. The number of rotatable bonds is 5. The second-order valence-corrected chi connectivity index (χ2v) is 6.14. The van der Waals surface area contributed by atoms with Crippen LogP contribution in [-0.4, -0.2) is 36.2 Å². The molecule has 0 bridgehead atoms. The number of likely N-dealkylation sites (tertiary alicyclic amines) is 1. The van der Waals surface area contributed by atoms with Crippen molar-refractivity contribution in [1.29, 1.82) is 0 Å². The Kier molecular flexibility index (Phi) is 2.61. The average molecular weight is 197 g/mol. The molecule has 0 unspecified atom stereocenters. The molecule has 1 aliphatic carbocycles. The van der Waals surface area contributed by atoms with Gasteiger partial charge in [-0.3, -0.25) is 0 Å². The molecule has 0 radical (unpaired) electrons. The van der Waals surface area contributed by atoms with Crippen LogP contribution in [0, 0.1) is 10.8 Å². The Hall–Kier alpha value is -0.0800. The molecule has 1 saturated carbocycles. The topological polar surface area (TPSA) is 23.5 Å². The van der Waals surface area contributed by atoms with Crippen LogP contribution in [0.5, 0.6) is 0 Å². The van der Waals surface area contributed by atoms with Gasteiger partial charge in [0.15, 0.2) is 0 Å². The summed E-state index contributed by atoms with van der Waals surface area (Å²) in [5.74, 6) is 0. The van der Waals surface area contributed by atoms with Gasteiger partial charge in [0.2, 0.25) is 0 Å². The van der Waals surface area contributed by atoms with Crippen molar-refractivity contribution in [3.63, 3.8) is 0 Å². The Morgan fingerprint density at radius 1 is 1.29 bits per heavy atom. The molecule has 1 N–H and O–H groups in total. The standard InChI is InChI=1S/C12H23NO/c1-11(2,4-3-7-14)8-13-9-12(10-13)5-6-12/h14H,3-10H2,1-2H3. The first-order chi connectivity index (χ1) is 6.55. The molecular weight excluding hydrogens is 174 g/mol. The SMILES string of the molecule is CC(C)(CCCO)CN1CC2(CC2)C1. The molecular formula is C12H23NO. The molecule has 1 spiro atoms. The minimum absolute atomic E-state index is 0.341. The molecule has 0 atom stereocenters. The fourth-order valence-electron chi connectivity index (χ4n) is 2.75. The van der Waals surface area contributed by atoms with Crippen LogP contribution >= 0.6 is 0 Å². The second-order valence-electron chi connectivity index (χ2n) is 6.14. The van der Waals surface area contributed by atoms with Gasteiger partial charge in [0.1, 0.15) is 0 Å². The van der Waals surface area contributed by atoms with Crippen molar-refractivity contribution in [2.24, 2.45) is 10.8 Å². The maximum atomic E-state index is 8.81. The quantitative estimate of drug-likeness (QED) is 0.727. The molecule has 2 nitrogen and oxygen atoms in total. The highest BCUT2D eigenvalue weighted by atomic mass is 16.2. The van der Waals surface area contributed by atoms with Crippen molar-refractivity contribution in [1.82, 2.24) is 4.90 Å². The molecule has 1 heterocycles. The fourth-order valence-corrected chi connectivity index (χ4v) is 2.75. The van der Waals surface area contributed by atoms with E-state index in [0.29, 0.717) is 12.0 Å². The van der Waals surface area contributed by atoms with Gasteiger partial charge in [0.05, 0.1) is 0 Å². The van der Waals surface area contributed by atoms with Crippen LogP contribution in [0.3, 0.4) is 0 Å². The lowest BCUT2D eigenvalue weighted by atomic mass is 9.84. The van der Waals surface area contributed by atoms with Crippen LogP contribution in [0.1, 0.15) is 39.5 Å². The van der Waals surface area contributed by atoms with Crippen molar-refractivity contribution in [3.05, 3.63) is 0 Å². The molecule has 1 saturated heterocycles. The summed E-state index contributed by atoms with van der Waals surface area (Å²) in [7, 11) is 0. The minimum Gasteiger partial charge on any atom is -0.396 e. The molecule has 0 aromatic heterocycles. The van der Waals surface area contributed by atoms with E-state index in [-0.39, 0.29) is 0 Å². The first-order valence-electron chi connectivity index (χ1n) is 5.89. The van der Waals surface area contributed by atoms with E-state index in [1.165, 1.54) is 32.5 Å². The Morgan fingerprint density at radius 3 is 2.43 bits per heavy atom. The first-order valence-corrected chi connectivity index (χ1v) is 5.89. The van der Waals surface area contributed by atoms with E-state index in [0.717, 1.165) is 18.3 Å². The summed E-state index contributed by atoms with van der Waals surface area (Å²) in [4.78, 5) is 2.59. The van der Waals surface area contributed by atoms with Gasteiger partial charge in [0.25, 0.3) is 0 Å². The minimum atomic E-state index is 0.341. The normalized spacial score (nSPS) is 25.1. The summed E-state index contributed by atoms with van der Waals surface area (Å²) in [6.45, 7) is 8.88. The predicted molar refractivity (Wildman–Crippen MR) is 58.2 cm³/mol. The molecule has 0 aromatic carbocycles. The highest BCUT2D eigenvalue weighted by Gasteiger charge is 2.52. The van der Waals surface area contributed by atoms with E-state index in [1.807, 2.05) is 0 Å². The van der Waals surface area contributed by atoms with Crippen LogP contribution in [-0.2, 0) is 0 Å². The van der Waals surface area contributed by atoms with Gasteiger partial charge in [-0.1, -0.05) is 13.8 Å². The van der Waals surface area contributed by atoms with E-state index >= 15 is 0 Å². The van der Waals surface area contributed by atoms with Crippen molar-refractivity contribution in [3.8, 4) is 0 Å². The molecule has 0 aromatic rings. The Morgan fingerprint density at radius 2 is 1.93 bits per heavy atom. The van der Waals surface area contributed by atoms with Crippen LogP contribution in [0.4, 0.5) is 0 Å². The van der Waals surface area contributed by atoms with Crippen LogP contribution in [0.2, 0.25) is 0 Å². The molecule has 0 amide bonds. The maximum Gasteiger partial charge on any atom is 0.0431 e. The van der Waals surface area contributed by atoms with Gasteiger partial charge in [-0.15, -0.1) is 0 Å². The third-order valence-electron chi connectivity index (χ3n) is 3.74. The number of nitrogens with zero attached hydrogens (tertiary/aromatic N) is 1. The summed E-state index contributed by atoms with van der Waals surface area (Å²) >= 11 is 0. The van der Waals surface area contributed by atoms with Gasteiger partial charge in [-0.25, -0.2) is 0 Å². The van der Waals surface area contributed by atoms with E-state index in [2.05, 4.69) is 18.7 Å². The smallest absolute Gasteiger partial charge is 0.0431 e. The molecule has 2 rings (SSSR count). The second kappa shape index (κ2) is 3.49. The van der Waals surface area contributed by atoms with Gasteiger partial charge >= 0.3 is 0 Å². The van der Waals surface area contributed by atoms with Crippen LogP contribution in [0.15, 0.2) is 0 Å². The Balaban J connectivity index is 1.68. The van der Waals surface area contributed by atoms with Gasteiger partial charge < -0.3 is 10.0 Å². The van der Waals surface area contributed by atoms with Crippen LogP contribution < -0.4 is 0 Å². The van der Waals surface area contributed by atoms with E-state index in [4.69, 9.17) is 5.11 Å². The van der Waals surface area contributed by atoms with Gasteiger partial charge in [-0.2, -0.15) is 0 Å². The molecule has 14 heavy (non-hydrogen) atoms. The van der Waals surface area contributed by atoms with Crippen LogP contribution in [0.25, 0.3) is 0 Å². The van der Waals surface area contributed by atoms with Crippen molar-refractivity contribution >= 4 is 0 Å². The lowest BCUT2D eigenvalue weighted by Crippen LogP contribution is -2.51. The average Bonchev–Trinajstić information content (AvgIpc) is 2.79. The molecule has 1 aliphatic heterocycles. The highest BCUT2D eigenvalue weighted by Crippen LogP contribution is 2.53. The predicted octanol–water partition coefficient (Wildman–Crippen LogP) is 1.88. The molecule has 2 aliphatic rings. The molecule has 2 fully saturated rings. The van der Waals surface area contributed by atoms with Gasteiger partial charge in [-0.05, 0) is 36.5 Å². The summed E-state index contributed by atoms with van der Waals surface area (Å²) in [5.41, 5.74) is 1.17. The number of hydrogen-bond donors (Lipinski definition) is 1. The van der Waals surface area contributed by atoms with Crippen molar-refractivity contribution < 1.29 is 5.11 Å². The lowest BCUT2D eigenvalue weighted by Gasteiger charge is -2.44. The third-order valence-corrected chi connectivity index (χ3v) is 3.74. The maximum absolute atomic E-state index is 8.81. The Labute approximate surface area is 87.3 Å². The number of aliphatic hydroxyl groups excluding tert-OH is 1. The molecule has 82 valence electrons. The van der Waals surface area contributed by atoms with Gasteiger partial charge in [0, 0.05) is 26.2 Å². The monoisotopic (exact) mass is 197 g/mol. The highest BCUT2D eigenvalue weighted by molar-refractivity contribution is 5.05. The van der Waals surface area contributed by atoms with E-state index in [1.54, 1.807) is 0 Å². The van der Waals surface area contributed by atoms with E-state index < -0.39 is 0 Å². The summed E-state index contributed by atoms with van der Waals surface area (Å²) in [5, 5.41) is 8.81. The number of hydrogen-bond acceptors (Lipinski definition) is 2. The van der Waals surface area contributed by atoms with Crippen molar-refractivity contribution in [2.75, 3.05) is 26.2 Å². The number of aliphatic hydroxyl groups is 1. The van der Waals surface area contributed by atoms with Crippen molar-refractivity contribution in [2.45, 2.75) is 39.5 Å².